The number of nitriles is 1. The summed E-state index contributed by atoms with van der Waals surface area (Å²) in [7, 11) is 0. The van der Waals surface area contributed by atoms with Crippen LogP contribution in [0.2, 0.25) is 0 Å². The number of aromatic nitrogens is 2. The van der Waals surface area contributed by atoms with E-state index in [-0.39, 0.29) is 18.2 Å². The van der Waals surface area contributed by atoms with Gasteiger partial charge in [-0.1, -0.05) is 60.0 Å². The third kappa shape index (κ3) is 4.73. The second kappa shape index (κ2) is 8.78. The molecule has 1 aromatic heterocycles. The lowest BCUT2D eigenvalue weighted by atomic mass is 10.3. The van der Waals surface area contributed by atoms with Gasteiger partial charge in [0, 0.05) is 5.69 Å². The minimum absolute atomic E-state index is 0.0382. The van der Waals surface area contributed by atoms with E-state index >= 15 is 0 Å². The van der Waals surface area contributed by atoms with E-state index in [1.807, 2.05) is 36.4 Å². The van der Waals surface area contributed by atoms with Crippen molar-refractivity contribution in [3.05, 3.63) is 30.3 Å². The van der Waals surface area contributed by atoms with Crippen LogP contribution in [0.4, 0.5) is 5.69 Å². The van der Waals surface area contributed by atoms with Crippen LogP contribution in [0.5, 0.6) is 0 Å². The zero-order chi connectivity index (χ0) is 15.8. The Bertz CT molecular complexity index is 654. The van der Waals surface area contributed by atoms with Gasteiger partial charge in [0.2, 0.25) is 5.91 Å². The summed E-state index contributed by atoms with van der Waals surface area (Å²) in [4.78, 5) is 13.8. The number of hydrogen-bond donors (Lipinski definition) is 0. The molecule has 0 N–H and O–H groups in total. The Labute approximate surface area is 141 Å². The van der Waals surface area contributed by atoms with E-state index in [0.717, 1.165) is 20.1 Å². The summed E-state index contributed by atoms with van der Waals surface area (Å²) in [6.07, 6.45) is 0. The molecule has 2 rings (SSSR count). The van der Waals surface area contributed by atoms with Gasteiger partial charge in [0.25, 0.3) is 0 Å². The van der Waals surface area contributed by atoms with Crippen molar-refractivity contribution in [2.24, 2.45) is 0 Å². The summed E-state index contributed by atoms with van der Waals surface area (Å²) >= 11 is 4.48. The van der Waals surface area contributed by atoms with Crippen molar-refractivity contribution in [2.45, 2.75) is 15.6 Å². The van der Waals surface area contributed by atoms with Crippen molar-refractivity contribution >= 4 is 46.5 Å². The first kappa shape index (κ1) is 16.8. The summed E-state index contributed by atoms with van der Waals surface area (Å²) in [5.74, 6) is 1.07. The molecule has 0 saturated carbocycles. The molecule has 8 heteroatoms. The number of carbonyl (C=O) groups is 1. The van der Waals surface area contributed by atoms with Gasteiger partial charge >= 0.3 is 0 Å². The third-order valence-electron chi connectivity index (χ3n) is 2.57. The van der Waals surface area contributed by atoms with Crippen LogP contribution in [0.3, 0.4) is 0 Å². The maximum atomic E-state index is 12.3. The van der Waals surface area contributed by atoms with Crippen LogP contribution < -0.4 is 4.90 Å². The molecule has 0 saturated heterocycles. The van der Waals surface area contributed by atoms with Crippen LogP contribution in [0.15, 0.2) is 39.0 Å². The largest absolute Gasteiger partial charge is 0.298 e. The minimum atomic E-state index is -0.113. The second-order valence-electron chi connectivity index (χ2n) is 4.03. The van der Waals surface area contributed by atoms with E-state index in [0.29, 0.717) is 0 Å². The zero-order valence-corrected chi connectivity index (χ0v) is 14.4. The molecule has 0 aliphatic heterocycles. The quantitative estimate of drug-likeness (QED) is 0.564. The molecule has 0 spiro atoms. The lowest BCUT2D eigenvalue weighted by molar-refractivity contribution is -0.116. The van der Waals surface area contributed by atoms with Gasteiger partial charge in [0.15, 0.2) is 8.68 Å². The standard InChI is InChI=1S/C14H14N4OS3/c1-2-20-13-16-17-14(22-13)21-10-12(19)18(9-8-15)11-6-4-3-5-7-11/h3-7H,2,9-10H2,1H3. The SMILES string of the molecule is CCSc1nnc(SCC(=O)N(CC#N)c2ccccc2)s1. The zero-order valence-electron chi connectivity index (χ0n) is 11.9. The molecule has 0 fully saturated rings. The molecule has 2 aromatic rings. The van der Waals surface area contributed by atoms with Crippen LogP contribution in [0.25, 0.3) is 0 Å². The van der Waals surface area contributed by atoms with Gasteiger partial charge in [-0.3, -0.25) is 9.69 Å². The lowest BCUT2D eigenvalue weighted by Gasteiger charge is -2.19. The number of anilines is 1. The number of thioether (sulfide) groups is 2. The number of rotatable bonds is 7. The van der Waals surface area contributed by atoms with Crippen molar-refractivity contribution in [2.75, 3.05) is 23.0 Å². The molecule has 1 amide bonds. The van der Waals surface area contributed by atoms with E-state index in [1.54, 1.807) is 11.8 Å². The van der Waals surface area contributed by atoms with Crippen molar-refractivity contribution in [3.8, 4) is 6.07 Å². The van der Waals surface area contributed by atoms with Crippen molar-refractivity contribution in [1.29, 1.82) is 5.26 Å². The summed E-state index contributed by atoms with van der Waals surface area (Å²) in [5, 5.41) is 17.0. The lowest BCUT2D eigenvalue weighted by Crippen LogP contribution is -2.32. The number of para-hydroxylation sites is 1. The average Bonchev–Trinajstić information content (AvgIpc) is 2.99. The Morgan fingerprint density at radius 1 is 1.27 bits per heavy atom. The normalized spacial score (nSPS) is 10.2. The van der Waals surface area contributed by atoms with Crippen molar-refractivity contribution in [3.63, 3.8) is 0 Å². The average molecular weight is 350 g/mol. The highest BCUT2D eigenvalue weighted by molar-refractivity contribution is 8.03. The number of nitrogens with zero attached hydrogens (tertiary/aromatic N) is 4. The van der Waals surface area contributed by atoms with Gasteiger partial charge in [-0.25, -0.2) is 0 Å². The maximum Gasteiger partial charge on any atom is 0.238 e. The molecule has 1 aromatic carbocycles. The Kier molecular flexibility index (Phi) is 6.71. The fourth-order valence-electron chi connectivity index (χ4n) is 1.64. The highest BCUT2D eigenvalue weighted by Crippen LogP contribution is 2.29. The fraction of sp³-hybridized carbons (Fsp3) is 0.286. The highest BCUT2D eigenvalue weighted by atomic mass is 32.2. The number of amides is 1. The van der Waals surface area contributed by atoms with E-state index < -0.39 is 0 Å². The Morgan fingerprint density at radius 2 is 1.95 bits per heavy atom. The summed E-state index contributed by atoms with van der Waals surface area (Å²) in [6, 6.07) is 11.2. The van der Waals surface area contributed by atoms with Crippen LogP contribution in [0, 0.1) is 11.3 Å². The first-order valence-electron chi connectivity index (χ1n) is 6.56. The van der Waals surface area contributed by atoms with Gasteiger partial charge < -0.3 is 0 Å². The van der Waals surface area contributed by atoms with E-state index in [2.05, 4.69) is 17.1 Å². The maximum absolute atomic E-state index is 12.3. The number of hydrogen-bond acceptors (Lipinski definition) is 7. The van der Waals surface area contributed by atoms with Crippen molar-refractivity contribution in [1.82, 2.24) is 10.2 Å². The molecule has 0 atom stereocenters. The van der Waals surface area contributed by atoms with E-state index in [4.69, 9.17) is 5.26 Å². The smallest absolute Gasteiger partial charge is 0.238 e. The van der Waals surface area contributed by atoms with Crippen LogP contribution in [-0.2, 0) is 4.79 Å². The molecule has 0 aliphatic carbocycles. The molecule has 114 valence electrons. The van der Waals surface area contributed by atoms with Gasteiger partial charge in [-0.2, -0.15) is 5.26 Å². The topological polar surface area (TPSA) is 69.9 Å². The minimum Gasteiger partial charge on any atom is -0.298 e. The summed E-state index contributed by atoms with van der Waals surface area (Å²) < 4.78 is 1.68. The van der Waals surface area contributed by atoms with Gasteiger partial charge in [-0.05, 0) is 17.9 Å². The highest BCUT2D eigenvalue weighted by Gasteiger charge is 2.16. The van der Waals surface area contributed by atoms with Crippen LogP contribution in [-0.4, -0.2) is 34.2 Å². The first-order valence-corrected chi connectivity index (χ1v) is 9.34. The van der Waals surface area contributed by atoms with Crippen LogP contribution in [0.1, 0.15) is 6.92 Å². The van der Waals surface area contributed by atoms with Crippen LogP contribution >= 0.6 is 34.9 Å². The monoisotopic (exact) mass is 350 g/mol. The fourth-order valence-corrected chi connectivity index (χ4v) is 4.43. The second-order valence-corrected chi connectivity index (χ2v) is 7.74. The van der Waals surface area contributed by atoms with Gasteiger partial charge in [0.05, 0.1) is 11.8 Å². The summed E-state index contributed by atoms with van der Waals surface area (Å²) in [5.41, 5.74) is 0.731. The predicted molar refractivity (Wildman–Crippen MR) is 91.4 cm³/mol. The van der Waals surface area contributed by atoms with Gasteiger partial charge in [0.1, 0.15) is 6.54 Å². The molecular formula is C14H14N4OS3. The first-order chi connectivity index (χ1) is 10.7. The molecule has 1 heterocycles. The molecule has 0 bridgehead atoms. The van der Waals surface area contributed by atoms with E-state index in [1.165, 1.54) is 28.0 Å². The molecule has 0 unspecified atom stereocenters. The summed E-state index contributed by atoms with van der Waals surface area (Å²) in [6.45, 7) is 2.10. The Balaban J connectivity index is 1.98. The molecule has 5 nitrogen and oxygen atoms in total. The molecule has 22 heavy (non-hydrogen) atoms. The molecule has 0 radical (unpaired) electrons. The molecule has 0 aliphatic rings. The number of carbonyl (C=O) groups excluding carboxylic acids is 1. The van der Waals surface area contributed by atoms with Gasteiger partial charge in [-0.15, -0.1) is 10.2 Å². The predicted octanol–water partition coefficient (Wildman–Crippen LogP) is 3.30. The van der Waals surface area contributed by atoms with Crippen molar-refractivity contribution < 1.29 is 4.79 Å². The van der Waals surface area contributed by atoms with E-state index in [9.17, 15) is 4.79 Å². The third-order valence-corrected chi connectivity index (χ3v) is 5.63. The Hall–Kier alpha value is -1.56. The number of benzene rings is 1. The Morgan fingerprint density at radius 3 is 2.59 bits per heavy atom. The molecular weight excluding hydrogens is 336 g/mol.